The van der Waals surface area contributed by atoms with Crippen LogP contribution in [0.5, 0.6) is 0 Å². The number of aromatic nitrogens is 2. The third-order valence-corrected chi connectivity index (χ3v) is 5.69. The number of hydrogen-bond donors (Lipinski definition) is 5. The van der Waals surface area contributed by atoms with Gasteiger partial charge in [0.15, 0.2) is 0 Å². The summed E-state index contributed by atoms with van der Waals surface area (Å²) in [5.74, 6) is 8.88. The molecule has 38 heavy (non-hydrogen) atoms. The van der Waals surface area contributed by atoms with Gasteiger partial charge in [-0.25, -0.2) is 15.6 Å². The van der Waals surface area contributed by atoms with Crippen molar-refractivity contribution < 1.29 is 24.6 Å². The van der Waals surface area contributed by atoms with E-state index in [2.05, 4.69) is 32.6 Å². The van der Waals surface area contributed by atoms with E-state index in [4.69, 9.17) is 10.9 Å². The van der Waals surface area contributed by atoms with E-state index in [1.165, 1.54) is 0 Å². The molecule has 0 aliphatic heterocycles. The van der Waals surface area contributed by atoms with Crippen LogP contribution in [0, 0.1) is 11.8 Å². The molecule has 2 aromatic carbocycles. The number of carboxylic acid groups (broad SMARTS) is 2. The Hall–Kier alpha value is -5.27. The van der Waals surface area contributed by atoms with Gasteiger partial charge < -0.3 is 15.5 Å². The maximum atomic E-state index is 12.3. The highest BCUT2D eigenvalue weighted by atomic mass is 16.4. The number of carbonyl (C=O) groups excluding carboxylic acids is 1. The summed E-state index contributed by atoms with van der Waals surface area (Å²) < 4.78 is 0. The molecule has 4 aromatic rings. The number of carboxylic acids is 2. The number of nitrogen functional groups attached to an aromatic ring is 1. The fraction of sp³-hybridized carbons (Fsp3) is 0.107. The average molecular weight is 510 g/mol. The van der Waals surface area contributed by atoms with Crippen LogP contribution in [0.15, 0.2) is 73.1 Å². The quantitative estimate of drug-likeness (QED) is 0.104. The molecule has 2 aromatic heterocycles. The molecule has 1 atom stereocenters. The van der Waals surface area contributed by atoms with Crippen LogP contribution in [-0.4, -0.2) is 44.1 Å². The Morgan fingerprint density at radius 2 is 1.61 bits per heavy atom. The van der Waals surface area contributed by atoms with Gasteiger partial charge in [0.1, 0.15) is 6.04 Å². The number of carbonyl (C=O) groups is 3. The summed E-state index contributed by atoms with van der Waals surface area (Å²) in [5, 5.41) is 21.5. The second-order valence-electron chi connectivity index (χ2n) is 8.29. The number of nitrogens with two attached hydrogens (primary N) is 1. The van der Waals surface area contributed by atoms with Gasteiger partial charge in [-0.1, -0.05) is 24.0 Å². The molecule has 0 aliphatic carbocycles. The van der Waals surface area contributed by atoms with E-state index in [-0.39, 0.29) is 12.8 Å². The van der Waals surface area contributed by atoms with Crippen LogP contribution >= 0.6 is 0 Å². The van der Waals surface area contributed by atoms with Crippen LogP contribution < -0.4 is 16.6 Å². The molecule has 0 spiro atoms. The molecule has 190 valence electrons. The highest BCUT2D eigenvalue weighted by molar-refractivity contribution is 6.06. The van der Waals surface area contributed by atoms with Gasteiger partial charge in [0.05, 0.1) is 16.8 Å². The monoisotopic (exact) mass is 509 g/mol. The summed E-state index contributed by atoms with van der Waals surface area (Å²) in [6.45, 7) is 0. The van der Waals surface area contributed by atoms with E-state index in [1.807, 2.05) is 24.3 Å². The number of benzene rings is 2. The summed E-state index contributed by atoms with van der Waals surface area (Å²) in [4.78, 5) is 43.1. The van der Waals surface area contributed by atoms with Crippen molar-refractivity contribution in [3.8, 4) is 23.1 Å². The highest BCUT2D eigenvalue weighted by Crippen LogP contribution is 2.24. The minimum absolute atomic E-state index is 0.0321. The topological polar surface area (TPSA) is 168 Å². The Bertz CT molecular complexity index is 1560. The fourth-order valence-corrected chi connectivity index (χ4v) is 3.73. The van der Waals surface area contributed by atoms with Crippen molar-refractivity contribution in [3.05, 3.63) is 89.7 Å². The summed E-state index contributed by atoms with van der Waals surface area (Å²) in [5.41, 5.74) is 6.59. The lowest BCUT2D eigenvalue weighted by Crippen LogP contribution is -2.30. The third-order valence-electron chi connectivity index (χ3n) is 5.69. The largest absolute Gasteiger partial charge is 0.481 e. The first-order valence-corrected chi connectivity index (χ1v) is 11.5. The van der Waals surface area contributed by atoms with Gasteiger partial charge in [-0.15, -0.1) is 0 Å². The van der Waals surface area contributed by atoms with Crippen LogP contribution in [0.1, 0.15) is 34.3 Å². The van der Waals surface area contributed by atoms with Crippen molar-refractivity contribution in [3.63, 3.8) is 0 Å². The molecule has 10 heteroatoms. The molecule has 0 bridgehead atoms. The van der Waals surface area contributed by atoms with E-state index in [9.17, 15) is 19.5 Å². The molecular weight excluding hydrogens is 486 g/mol. The maximum absolute atomic E-state index is 12.3. The maximum Gasteiger partial charge on any atom is 0.326 e. The predicted octanol–water partition coefficient (Wildman–Crippen LogP) is 3.03. The lowest BCUT2D eigenvalue weighted by atomic mass is 10.0. The Morgan fingerprint density at radius 1 is 0.947 bits per heavy atom. The van der Waals surface area contributed by atoms with Gasteiger partial charge in [0.25, 0.3) is 5.91 Å². The Labute approximate surface area is 217 Å². The Morgan fingerprint density at radius 3 is 2.21 bits per heavy atom. The number of pyridine rings is 2. The molecule has 0 saturated heterocycles. The molecule has 1 amide bonds. The summed E-state index contributed by atoms with van der Waals surface area (Å²) >= 11 is 0. The SMILES string of the molecule is NNC(=O)c1cc(-c2ccc(C#Cc3ccc(NC(CCC(=O)O)C(=O)O)cc3)cc2)nc2ccncc12. The molecule has 0 radical (unpaired) electrons. The molecule has 2 heterocycles. The molecule has 1 unspecified atom stereocenters. The summed E-state index contributed by atoms with van der Waals surface area (Å²) in [7, 11) is 0. The van der Waals surface area contributed by atoms with Crippen molar-refractivity contribution in [2.75, 3.05) is 5.32 Å². The molecule has 10 nitrogen and oxygen atoms in total. The minimum atomic E-state index is -1.12. The van der Waals surface area contributed by atoms with E-state index in [0.717, 1.165) is 16.7 Å². The zero-order chi connectivity index (χ0) is 27.1. The van der Waals surface area contributed by atoms with Gasteiger partial charge >= 0.3 is 11.9 Å². The first-order chi connectivity index (χ1) is 18.3. The lowest BCUT2D eigenvalue weighted by molar-refractivity contribution is -0.139. The number of hydrogen-bond acceptors (Lipinski definition) is 7. The second-order valence-corrected chi connectivity index (χ2v) is 8.29. The first kappa shape index (κ1) is 25.8. The van der Waals surface area contributed by atoms with Crippen molar-refractivity contribution in [1.29, 1.82) is 0 Å². The van der Waals surface area contributed by atoms with Crippen molar-refractivity contribution in [2.24, 2.45) is 5.84 Å². The number of nitrogens with zero attached hydrogens (tertiary/aromatic N) is 2. The van der Waals surface area contributed by atoms with Crippen LogP contribution in [0.25, 0.3) is 22.2 Å². The van der Waals surface area contributed by atoms with E-state index >= 15 is 0 Å². The number of rotatable bonds is 8. The Kier molecular flexibility index (Phi) is 7.91. The number of hydrazine groups is 1. The second kappa shape index (κ2) is 11.6. The van der Waals surface area contributed by atoms with Gasteiger partial charge in [-0.2, -0.15) is 0 Å². The molecule has 4 rings (SSSR count). The number of fused-ring (bicyclic) bond motifs is 1. The van der Waals surface area contributed by atoms with Crippen molar-refractivity contribution >= 4 is 34.4 Å². The van der Waals surface area contributed by atoms with Gasteiger partial charge in [-0.3, -0.25) is 20.0 Å². The smallest absolute Gasteiger partial charge is 0.326 e. The Balaban J connectivity index is 1.49. The van der Waals surface area contributed by atoms with E-state index in [0.29, 0.717) is 27.8 Å². The van der Waals surface area contributed by atoms with Crippen LogP contribution in [0.2, 0.25) is 0 Å². The number of nitrogens with one attached hydrogen (secondary N) is 2. The van der Waals surface area contributed by atoms with Crippen molar-refractivity contribution in [2.45, 2.75) is 18.9 Å². The van der Waals surface area contributed by atoms with E-state index < -0.39 is 23.9 Å². The molecule has 6 N–H and O–H groups in total. The fourth-order valence-electron chi connectivity index (χ4n) is 3.73. The zero-order valence-electron chi connectivity index (χ0n) is 20.0. The van der Waals surface area contributed by atoms with Gasteiger partial charge in [0, 0.05) is 46.6 Å². The summed E-state index contributed by atoms with van der Waals surface area (Å²) in [6.07, 6.45) is 2.90. The average Bonchev–Trinajstić information content (AvgIpc) is 2.93. The van der Waals surface area contributed by atoms with Crippen LogP contribution in [0.3, 0.4) is 0 Å². The van der Waals surface area contributed by atoms with Crippen molar-refractivity contribution in [1.82, 2.24) is 15.4 Å². The van der Waals surface area contributed by atoms with Crippen LogP contribution in [0.4, 0.5) is 5.69 Å². The molecule has 0 fully saturated rings. The predicted molar refractivity (Wildman–Crippen MR) is 141 cm³/mol. The highest BCUT2D eigenvalue weighted by Gasteiger charge is 2.18. The number of aliphatic carboxylic acids is 2. The standard InChI is InChI=1S/C28H23N5O5/c29-33-27(36)21-15-25(32-23-13-14-30-16-22(21)23)19-7-3-17(4-8-19)1-2-18-5-9-20(10-6-18)31-24(28(37)38)11-12-26(34)35/h3-10,13-16,24,31H,11-12,29H2,(H,33,36)(H,34,35)(H,37,38). The van der Waals surface area contributed by atoms with E-state index in [1.54, 1.807) is 48.8 Å². The number of anilines is 1. The number of amides is 1. The van der Waals surface area contributed by atoms with Crippen LogP contribution in [-0.2, 0) is 9.59 Å². The first-order valence-electron chi connectivity index (χ1n) is 11.5. The van der Waals surface area contributed by atoms with Gasteiger partial charge in [-0.05, 0) is 55.0 Å². The lowest BCUT2D eigenvalue weighted by Gasteiger charge is -2.14. The normalized spacial score (nSPS) is 11.2. The molecule has 0 aliphatic rings. The molecular formula is C28H23N5O5. The third kappa shape index (κ3) is 6.29. The van der Waals surface area contributed by atoms with Gasteiger partial charge in [0.2, 0.25) is 0 Å². The zero-order valence-corrected chi connectivity index (χ0v) is 20.0. The minimum Gasteiger partial charge on any atom is -0.481 e. The summed E-state index contributed by atoms with van der Waals surface area (Å²) in [6, 6.07) is 16.7. The molecule has 0 saturated carbocycles.